The van der Waals surface area contributed by atoms with Gasteiger partial charge < -0.3 is 14.7 Å². The number of aromatic hydroxyl groups is 1. The molecule has 1 N–H and O–H groups in total. The Kier molecular flexibility index (Phi) is 5.46. The van der Waals surface area contributed by atoms with Crippen LogP contribution >= 0.6 is 0 Å². The first kappa shape index (κ1) is 19.7. The summed E-state index contributed by atoms with van der Waals surface area (Å²) in [6, 6.07) is 11.9. The first-order chi connectivity index (χ1) is 14.0. The predicted octanol–water partition coefficient (Wildman–Crippen LogP) is 3.67. The molecule has 2 aliphatic rings. The van der Waals surface area contributed by atoms with Crippen LogP contribution in [-0.2, 0) is 6.54 Å². The van der Waals surface area contributed by atoms with Crippen molar-refractivity contribution >= 4 is 5.91 Å². The zero-order valence-electron chi connectivity index (χ0n) is 16.7. The number of likely N-dealkylation sites (tertiary alicyclic amines) is 2. The molecule has 2 aromatic carbocycles. The van der Waals surface area contributed by atoms with Crippen LogP contribution < -0.4 is 4.74 Å². The van der Waals surface area contributed by atoms with Crippen molar-refractivity contribution < 1.29 is 19.0 Å². The number of phenols is 1. The van der Waals surface area contributed by atoms with Crippen LogP contribution in [0, 0.1) is 11.2 Å². The summed E-state index contributed by atoms with van der Waals surface area (Å²) in [5.41, 5.74) is 1.03. The molecule has 0 radical (unpaired) electrons. The van der Waals surface area contributed by atoms with Gasteiger partial charge in [-0.15, -0.1) is 0 Å². The maximum absolute atomic E-state index is 14.1. The van der Waals surface area contributed by atoms with Crippen molar-refractivity contribution in [3.05, 3.63) is 59.4 Å². The van der Waals surface area contributed by atoms with E-state index < -0.39 is 0 Å². The van der Waals surface area contributed by atoms with Crippen LogP contribution in [0.4, 0.5) is 4.39 Å². The van der Waals surface area contributed by atoms with Crippen molar-refractivity contribution in [1.29, 1.82) is 0 Å². The molecule has 1 amide bonds. The minimum atomic E-state index is -0.163. The number of carbonyl (C=O) groups excluding carboxylic acids is 1. The van der Waals surface area contributed by atoms with Crippen LogP contribution in [0.5, 0.6) is 11.5 Å². The van der Waals surface area contributed by atoms with Crippen LogP contribution in [0.3, 0.4) is 0 Å². The second-order valence-corrected chi connectivity index (χ2v) is 8.24. The molecule has 154 valence electrons. The van der Waals surface area contributed by atoms with Gasteiger partial charge in [-0.1, -0.05) is 24.3 Å². The van der Waals surface area contributed by atoms with Crippen molar-refractivity contribution in [3.8, 4) is 11.5 Å². The second kappa shape index (κ2) is 8.03. The van der Waals surface area contributed by atoms with Gasteiger partial charge in [-0.05, 0) is 44.0 Å². The number of rotatable bonds is 4. The number of amides is 1. The number of phenolic OH excluding ortho intramolecular Hbond substituents is 1. The molecule has 1 atom stereocenters. The monoisotopic (exact) mass is 398 g/mol. The van der Waals surface area contributed by atoms with Gasteiger partial charge in [0.25, 0.3) is 5.91 Å². The lowest BCUT2D eigenvalue weighted by atomic mass is 9.79. The largest absolute Gasteiger partial charge is 0.504 e. The Morgan fingerprint density at radius 1 is 1.14 bits per heavy atom. The SMILES string of the molecule is COc1cccc(C(=O)N2CC[C@@]3(CCCN(Cc4ccccc4F)C3)C2)c1O. The number of methoxy groups -OCH3 is 1. The number of hydrogen-bond donors (Lipinski definition) is 1. The van der Waals surface area contributed by atoms with Gasteiger partial charge in [-0.2, -0.15) is 0 Å². The lowest BCUT2D eigenvalue weighted by molar-refractivity contribution is 0.0670. The molecule has 2 aromatic rings. The Bertz CT molecular complexity index is 903. The van der Waals surface area contributed by atoms with Crippen LogP contribution in [-0.4, -0.2) is 54.1 Å². The molecule has 1 spiro atoms. The third-order valence-electron chi connectivity index (χ3n) is 6.27. The number of carbonyl (C=O) groups is 1. The van der Waals surface area contributed by atoms with Crippen LogP contribution in [0.1, 0.15) is 35.2 Å². The molecule has 2 heterocycles. The van der Waals surface area contributed by atoms with Crippen LogP contribution in [0.2, 0.25) is 0 Å². The van der Waals surface area contributed by atoms with E-state index in [1.165, 1.54) is 13.2 Å². The highest BCUT2D eigenvalue weighted by molar-refractivity contribution is 5.97. The Balaban J connectivity index is 1.45. The summed E-state index contributed by atoms with van der Waals surface area (Å²) in [7, 11) is 1.47. The molecule has 6 heteroatoms. The minimum absolute atomic E-state index is 0.0354. The first-order valence-corrected chi connectivity index (χ1v) is 10.1. The Morgan fingerprint density at radius 2 is 1.97 bits per heavy atom. The van der Waals surface area contributed by atoms with Gasteiger partial charge >= 0.3 is 0 Å². The predicted molar refractivity (Wildman–Crippen MR) is 109 cm³/mol. The second-order valence-electron chi connectivity index (χ2n) is 8.24. The van der Waals surface area contributed by atoms with E-state index in [0.29, 0.717) is 25.4 Å². The van der Waals surface area contributed by atoms with Gasteiger partial charge in [0.1, 0.15) is 5.82 Å². The zero-order valence-corrected chi connectivity index (χ0v) is 16.7. The molecule has 5 nitrogen and oxygen atoms in total. The van der Waals surface area contributed by atoms with E-state index >= 15 is 0 Å². The molecule has 0 aromatic heterocycles. The van der Waals surface area contributed by atoms with E-state index in [-0.39, 0.29) is 28.5 Å². The zero-order chi connectivity index (χ0) is 20.4. The molecule has 0 bridgehead atoms. The molecule has 0 aliphatic carbocycles. The molecular formula is C23H27FN2O3. The van der Waals surface area contributed by atoms with Gasteiger partial charge in [0, 0.05) is 37.2 Å². The molecule has 0 saturated carbocycles. The average molecular weight is 398 g/mol. The number of halogens is 1. The molecule has 2 saturated heterocycles. The molecular weight excluding hydrogens is 371 g/mol. The van der Waals surface area contributed by atoms with Crippen LogP contribution in [0.25, 0.3) is 0 Å². The standard InChI is InChI=1S/C23H27FN2O3/c1-29-20-9-4-7-18(21(20)27)22(28)26-13-11-23(16-26)10-5-12-25(15-23)14-17-6-2-3-8-19(17)24/h2-4,6-9,27H,5,10-16H2,1H3/t23-/m1/s1. The summed E-state index contributed by atoms with van der Waals surface area (Å²) in [5.74, 6) is -0.127. The maximum Gasteiger partial charge on any atom is 0.257 e. The van der Waals surface area contributed by atoms with Crippen molar-refractivity contribution in [2.75, 3.05) is 33.3 Å². The Hall–Kier alpha value is -2.60. The normalized spacial score (nSPS) is 22.2. The molecule has 0 unspecified atom stereocenters. The van der Waals surface area contributed by atoms with Crippen molar-refractivity contribution in [1.82, 2.24) is 9.80 Å². The van der Waals surface area contributed by atoms with Gasteiger partial charge in [0.2, 0.25) is 0 Å². The van der Waals surface area contributed by atoms with Gasteiger partial charge in [0.05, 0.1) is 12.7 Å². The van der Waals surface area contributed by atoms with Gasteiger partial charge in [-0.3, -0.25) is 9.69 Å². The van der Waals surface area contributed by atoms with E-state index in [2.05, 4.69) is 4.90 Å². The fraction of sp³-hybridized carbons (Fsp3) is 0.435. The van der Waals surface area contributed by atoms with Gasteiger partial charge in [-0.25, -0.2) is 4.39 Å². The fourth-order valence-electron chi connectivity index (χ4n) is 4.78. The van der Waals surface area contributed by atoms with E-state index in [0.717, 1.165) is 37.9 Å². The summed E-state index contributed by atoms with van der Waals surface area (Å²) in [5, 5.41) is 10.3. The Morgan fingerprint density at radius 3 is 2.76 bits per heavy atom. The fourth-order valence-corrected chi connectivity index (χ4v) is 4.78. The van der Waals surface area contributed by atoms with Crippen LogP contribution in [0.15, 0.2) is 42.5 Å². The number of benzene rings is 2. The van der Waals surface area contributed by atoms with E-state index in [1.54, 1.807) is 24.3 Å². The summed E-state index contributed by atoms with van der Waals surface area (Å²) in [6.45, 7) is 3.73. The van der Waals surface area contributed by atoms with Crippen molar-refractivity contribution in [2.24, 2.45) is 5.41 Å². The summed E-state index contributed by atoms with van der Waals surface area (Å²) >= 11 is 0. The lowest BCUT2D eigenvalue weighted by Crippen LogP contribution is -2.45. The highest BCUT2D eigenvalue weighted by atomic mass is 19.1. The minimum Gasteiger partial charge on any atom is -0.504 e. The highest BCUT2D eigenvalue weighted by Crippen LogP contribution is 2.41. The molecule has 2 fully saturated rings. The third-order valence-corrected chi connectivity index (χ3v) is 6.27. The van der Waals surface area contributed by atoms with E-state index in [4.69, 9.17) is 4.74 Å². The summed E-state index contributed by atoms with van der Waals surface area (Å²) < 4.78 is 19.2. The van der Waals surface area contributed by atoms with E-state index in [9.17, 15) is 14.3 Å². The number of nitrogens with zero attached hydrogens (tertiary/aromatic N) is 2. The lowest BCUT2D eigenvalue weighted by Gasteiger charge is -2.40. The van der Waals surface area contributed by atoms with Crippen molar-refractivity contribution in [2.45, 2.75) is 25.8 Å². The van der Waals surface area contributed by atoms with Gasteiger partial charge in [0.15, 0.2) is 11.5 Å². The first-order valence-electron chi connectivity index (χ1n) is 10.1. The number of hydrogen-bond acceptors (Lipinski definition) is 4. The smallest absolute Gasteiger partial charge is 0.257 e. The average Bonchev–Trinajstić information content (AvgIpc) is 3.12. The molecule has 2 aliphatic heterocycles. The third kappa shape index (κ3) is 3.94. The maximum atomic E-state index is 14.1. The number of para-hydroxylation sites is 1. The van der Waals surface area contributed by atoms with Crippen molar-refractivity contribution in [3.63, 3.8) is 0 Å². The van der Waals surface area contributed by atoms with E-state index in [1.807, 2.05) is 17.0 Å². The quantitative estimate of drug-likeness (QED) is 0.854. The number of ether oxygens (including phenoxy) is 1. The topological polar surface area (TPSA) is 53.0 Å². The summed E-state index contributed by atoms with van der Waals surface area (Å²) in [6.07, 6.45) is 3.03. The summed E-state index contributed by atoms with van der Waals surface area (Å²) in [4.78, 5) is 17.2. The molecule has 29 heavy (non-hydrogen) atoms. The highest BCUT2D eigenvalue weighted by Gasteiger charge is 2.43. The Labute approximate surface area is 170 Å². The number of piperidine rings is 1. The molecule has 4 rings (SSSR count).